The van der Waals surface area contributed by atoms with Gasteiger partial charge < -0.3 is 15.6 Å². The molecular weight excluding hydrogens is 262 g/mol. The summed E-state index contributed by atoms with van der Waals surface area (Å²) in [4.78, 5) is 0. The van der Waals surface area contributed by atoms with Gasteiger partial charge in [-0.05, 0) is 48.8 Å². The van der Waals surface area contributed by atoms with E-state index in [0.29, 0.717) is 0 Å². The van der Waals surface area contributed by atoms with Gasteiger partial charge >= 0.3 is 0 Å². The van der Waals surface area contributed by atoms with E-state index in [9.17, 15) is 5.11 Å². The molecule has 3 heteroatoms. The number of hydrogen-bond donors (Lipinski definition) is 2. The highest BCUT2D eigenvalue weighted by atomic mass is 16.5. The quantitative estimate of drug-likeness (QED) is 0.898. The topological polar surface area (TPSA) is 55.5 Å². The fourth-order valence-electron chi connectivity index (χ4n) is 3.01. The molecule has 1 fully saturated rings. The Kier molecular flexibility index (Phi) is 4.64. The molecule has 1 saturated carbocycles. The van der Waals surface area contributed by atoms with Gasteiger partial charge in [-0.2, -0.15) is 0 Å². The molecule has 0 aliphatic heterocycles. The van der Waals surface area contributed by atoms with Gasteiger partial charge in [0.2, 0.25) is 0 Å². The second-order valence-electron chi connectivity index (χ2n) is 7.59. The minimum atomic E-state index is -0.470. The largest absolute Gasteiger partial charge is 0.490 e. The van der Waals surface area contributed by atoms with Crippen LogP contribution in [0.25, 0.3) is 0 Å². The van der Waals surface area contributed by atoms with E-state index in [1.165, 1.54) is 11.1 Å². The highest BCUT2D eigenvalue weighted by molar-refractivity contribution is 5.38. The smallest absolute Gasteiger partial charge is 0.122 e. The number of ether oxygens (including phenoxy) is 1. The maximum atomic E-state index is 9.43. The number of aliphatic hydroxyl groups excluding tert-OH is 1. The van der Waals surface area contributed by atoms with E-state index in [2.05, 4.69) is 45.9 Å². The van der Waals surface area contributed by atoms with E-state index < -0.39 is 5.54 Å². The molecule has 1 aromatic rings. The minimum absolute atomic E-state index is 0.0365. The molecule has 1 aromatic carbocycles. The van der Waals surface area contributed by atoms with Crippen LogP contribution in [0.3, 0.4) is 0 Å². The molecule has 0 heterocycles. The highest BCUT2D eigenvalue weighted by Gasteiger charge is 2.33. The first-order valence-corrected chi connectivity index (χ1v) is 7.91. The number of aliphatic hydroxyl groups is 1. The van der Waals surface area contributed by atoms with Gasteiger partial charge in [0.25, 0.3) is 0 Å². The van der Waals surface area contributed by atoms with Crippen LogP contribution in [0.5, 0.6) is 5.75 Å². The molecule has 0 aromatic heterocycles. The average Bonchev–Trinajstić information content (AvgIpc) is 2.40. The summed E-state index contributed by atoms with van der Waals surface area (Å²) in [5, 5.41) is 9.43. The average molecular weight is 291 g/mol. The van der Waals surface area contributed by atoms with Crippen LogP contribution in [0.2, 0.25) is 0 Å². The first-order chi connectivity index (χ1) is 9.73. The van der Waals surface area contributed by atoms with Gasteiger partial charge in [0.05, 0.1) is 6.61 Å². The zero-order valence-electron chi connectivity index (χ0n) is 13.8. The van der Waals surface area contributed by atoms with Gasteiger partial charge in [-0.15, -0.1) is 0 Å². The number of aryl methyl sites for hydroxylation is 1. The van der Waals surface area contributed by atoms with E-state index in [0.717, 1.165) is 31.4 Å². The van der Waals surface area contributed by atoms with Crippen molar-refractivity contribution in [3.05, 3.63) is 29.3 Å². The Labute approximate surface area is 128 Å². The molecule has 21 heavy (non-hydrogen) atoms. The molecule has 1 aliphatic carbocycles. The fraction of sp³-hybridized carbons (Fsp3) is 0.667. The summed E-state index contributed by atoms with van der Waals surface area (Å²) in [6.07, 6.45) is 3.74. The van der Waals surface area contributed by atoms with Gasteiger partial charge in [-0.1, -0.05) is 32.9 Å². The van der Waals surface area contributed by atoms with Crippen LogP contribution in [-0.2, 0) is 5.41 Å². The predicted molar refractivity (Wildman–Crippen MR) is 86.8 cm³/mol. The number of nitrogens with two attached hydrogens (primary N) is 1. The van der Waals surface area contributed by atoms with Gasteiger partial charge in [-0.3, -0.25) is 0 Å². The molecule has 2 unspecified atom stereocenters. The molecule has 1 aliphatic rings. The number of rotatable bonds is 3. The fourth-order valence-corrected chi connectivity index (χ4v) is 3.01. The van der Waals surface area contributed by atoms with Gasteiger partial charge in [0.15, 0.2) is 0 Å². The maximum Gasteiger partial charge on any atom is 0.122 e. The predicted octanol–water partition coefficient (Wildman–Crippen LogP) is 3.30. The Morgan fingerprint density at radius 1 is 1.38 bits per heavy atom. The zero-order chi connectivity index (χ0) is 15.7. The molecule has 0 saturated heterocycles. The van der Waals surface area contributed by atoms with Crippen LogP contribution in [-0.4, -0.2) is 23.4 Å². The Morgan fingerprint density at radius 2 is 2.10 bits per heavy atom. The summed E-state index contributed by atoms with van der Waals surface area (Å²) >= 11 is 0. The normalized spacial score (nSPS) is 26.7. The number of hydrogen-bond acceptors (Lipinski definition) is 3. The summed E-state index contributed by atoms with van der Waals surface area (Å²) in [7, 11) is 0. The van der Waals surface area contributed by atoms with E-state index >= 15 is 0 Å². The van der Waals surface area contributed by atoms with Crippen LogP contribution in [0.4, 0.5) is 0 Å². The SMILES string of the molecule is Cc1cc(C(C)(C)C)ccc1OC1CCCC(N)(CO)C1. The van der Waals surface area contributed by atoms with Gasteiger partial charge in [0, 0.05) is 12.0 Å². The second-order valence-corrected chi connectivity index (χ2v) is 7.59. The van der Waals surface area contributed by atoms with E-state index in [-0.39, 0.29) is 18.1 Å². The van der Waals surface area contributed by atoms with E-state index in [1.807, 2.05) is 0 Å². The summed E-state index contributed by atoms with van der Waals surface area (Å²) in [5.74, 6) is 0.940. The van der Waals surface area contributed by atoms with Crippen LogP contribution in [0.1, 0.15) is 57.6 Å². The lowest BCUT2D eigenvalue weighted by Gasteiger charge is -2.36. The molecule has 118 valence electrons. The summed E-state index contributed by atoms with van der Waals surface area (Å²) in [6, 6.07) is 6.43. The third kappa shape index (κ3) is 3.98. The molecule has 0 bridgehead atoms. The second kappa shape index (κ2) is 5.98. The zero-order valence-corrected chi connectivity index (χ0v) is 13.8. The van der Waals surface area contributed by atoms with Crippen LogP contribution >= 0.6 is 0 Å². The van der Waals surface area contributed by atoms with Crippen molar-refractivity contribution < 1.29 is 9.84 Å². The van der Waals surface area contributed by atoms with Crippen LogP contribution in [0, 0.1) is 6.92 Å². The third-order valence-corrected chi connectivity index (χ3v) is 4.48. The Morgan fingerprint density at radius 3 is 2.67 bits per heavy atom. The van der Waals surface area contributed by atoms with Crippen molar-refractivity contribution in [3.63, 3.8) is 0 Å². The molecule has 3 N–H and O–H groups in total. The van der Waals surface area contributed by atoms with Crippen molar-refractivity contribution in [2.45, 2.75) is 70.4 Å². The van der Waals surface area contributed by atoms with E-state index in [1.54, 1.807) is 0 Å². The van der Waals surface area contributed by atoms with Gasteiger partial charge in [0.1, 0.15) is 11.9 Å². The molecule has 3 nitrogen and oxygen atoms in total. The van der Waals surface area contributed by atoms with Crippen molar-refractivity contribution in [1.82, 2.24) is 0 Å². The molecular formula is C18H29NO2. The van der Waals surface area contributed by atoms with Crippen molar-refractivity contribution in [3.8, 4) is 5.75 Å². The van der Waals surface area contributed by atoms with Gasteiger partial charge in [-0.25, -0.2) is 0 Å². The first-order valence-electron chi connectivity index (χ1n) is 7.91. The highest BCUT2D eigenvalue weighted by Crippen LogP contribution is 2.32. The monoisotopic (exact) mass is 291 g/mol. The van der Waals surface area contributed by atoms with Crippen molar-refractivity contribution in [2.75, 3.05) is 6.61 Å². The lowest BCUT2D eigenvalue weighted by Crippen LogP contribution is -2.50. The maximum absolute atomic E-state index is 9.43. The minimum Gasteiger partial charge on any atom is -0.490 e. The molecule has 0 spiro atoms. The summed E-state index contributed by atoms with van der Waals surface area (Å²) < 4.78 is 6.16. The lowest BCUT2D eigenvalue weighted by molar-refractivity contribution is 0.0724. The van der Waals surface area contributed by atoms with Crippen LogP contribution in [0.15, 0.2) is 18.2 Å². The van der Waals surface area contributed by atoms with Crippen LogP contribution < -0.4 is 10.5 Å². The Bertz CT molecular complexity index is 492. The molecule has 0 amide bonds. The Balaban J connectivity index is 2.10. The first kappa shape index (κ1) is 16.3. The molecule has 2 atom stereocenters. The molecule has 0 radical (unpaired) electrons. The lowest BCUT2D eigenvalue weighted by atomic mass is 9.81. The third-order valence-electron chi connectivity index (χ3n) is 4.48. The summed E-state index contributed by atoms with van der Waals surface area (Å²) in [5.41, 5.74) is 8.36. The summed E-state index contributed by atoms with van der Waals surface area (Å²) in [6.45, 7) is 8.78. The Hall–Kier alpha value is -1.06. The van der Waals surface area contributed by atoms with Crippen molar-refractivity contribution >= 4 is 0 Å². The van der Waals surface area contributed by atoms with Crippen molar-refractivity contribution in [2.24, 2.45) is 5.73 Å². The van der Waals surface area contributed by atoms with E-state index in [4.69, 9.17) is 10.5 Å². The van der Waals surface area contributed by atoms with Crippen molar-refractivity contribution in [1.29, 1.82) is 0 Å². The standard InChI is InChI=1S/C18H29NO2/c1-13-10-14(17(2,3)4)7-8-16(13)21-15-6-5-9-18(19,11-15)12-20/h7-8,10,15,20H,5-6,9,11-12,19H2,1-4H3. The number of benzene rings is 1. The molecule has 2 rings (SSSR count).